The van der Waals surface area contributed by atoms with Crippen LogP contribution in [0.25, 0.3) is 0 Å². The zero-order valence-electron chi connectivity index (χ0n) is 12.8. The van der Waals surface area contributed by atoms with Gasteiger partial charge in [0.15, 0.2) is 0 Å². The summed E-state index contributed by atoms with van der Waals surface area (Å²) < 4.78 is 10.0. The Morgan fingerprint density at radius 2 is 1.86 bits per heavy atom. The van der Waals surface area contributed by atoms with Gasteiger partial charge in [0.25, 0.3) is 0 Å². The minimum Gasteiger partial charge on any atom is -0.467 e. The second-order valence-electron chi connectivity index (χ2n) is 5.25. The van der Waals surface area contributed by atoms with Crippen molar-refractivity contribution in [3.8, 4) is 0 Å². The van der Waals surface area contributed by atoms with E-state index in [9.17, 15) is 9.59 Å². The highest BCUT2D eigenvalue weighted by atomic mass is 16.5. The second kappa shape index (κ2) is 9.13. The Bertz CT molecular complexity index is 445. The lowest BCUT2D eigenvalue weighted by Crippen LogP contribution is -2.43. The van der Waals surface area contributed by atoms with Crippen LogP contribution in [0.4, 0.5) is 0 Å². The predicted octanol–water partition coefficient (Wildman–Crippen LogP) is 1.91. The molecular formula is C16H23NO4. The fourth-order valence-corrected chi connectivity index (χ4v) is 1.90. The molecular weight excluding hydrogens is 270 g/mol. The van der Waals surface area contributed by atoms with Crippen LogP contribution in [-0.4, -0.2) is 31.6 Å². The van der Waals surface area contributed by atoms with Crippen LogP contribution < -0.4 is 5.32 Å². The van der Waals surface area contributed by atoms with Crippen molar-refractivity contribution in [3.63, 3.8) is 0 Å². The number of esters is 1. The highest BCUT2D eigenvalue weighted by Crippen LogP contribution is 2.06. The van der Waals surface area contributed by atoms with Crippen molar-refractivity contribution in [2.75, 3.05) is 13.7 Å². The minimum absolute atomic E-state index is 0.0829. The largest absolute Gasteiger partial charge is 0.467 e. The predicted molar refractivity (Wildman–Crippen MR) is 79.5 cm³/mol. The van der Waals surface area contributed by atoms with Gasteiger partial charge >= 0.3 is 5.97 Å². The van der Waals surface area contributed by atoms with Gasteiger partial charge in [0.1, 0.15) is 12.6 Å². The number of amides is 1. The molecule has 1 atom stereocenters. The summed E-state index contributed by atoms with van der Waals surface area (Å²) >= 11 is 0. The first-order valence-corrected chi connectivity index (χ1v) is 7.01. The Labute approximate surface area is 125 Å². The molecule has 0 saturated heterocycles. The molecule has 1 amide bonds. The molecule has 0 fully saturated rings. The molecule has 21 heavy (non-hydrogen) atoms. The maximum Gasteiger partial charge on any atom is 0.328 e. The Morgan fingerprint density at radius 1 is 1.19 bits per heavy atom. The summed E-state index contributed by atoms with van der Waals surface area (Å²) in [6.07, 6.45) is 0.539. The van der Waals surface area contributed by atoms with Crippen molar-refractivity contribution in [2.24, 2.45) is 5.92 Å². The molecule has 5 nitrogen and oxygen atoms in total. The molecule has 1 aromatic carbocycles. The Balaban J connectivity index is 2.37. The standard InChI is InChI=1S/C16H23NO4/c1-12(2)9-14(16(19)20-3)17-15(18)11-21-10-13-7-5-4-6-8-13/h4-8,12,14H,9-11H2,1-3H3,(H,17,18)/t14-/m1/s1. The van der Waals surface area contributed by atoms with Gasteiger partial charge in [-0.1, -0.05) is 44.2 Å². The van der Waals surface area contributed by atoms with E-state index in [1.165, 1.54) is 7.11 Å². The molecule has 0 bridgehead atoms. The van der Waals surface area contributed by atoms with Crippen LogP contribution in [0.1, 0.15) is 25.8 Å². The van der Waals surface area contributed by atoms with E-state index in [0.29, 0.717) is 13.0 Å². The summed E-state index contributed by atoms with van der Waals surface area (Å²) in [5, 5.41) is 2.65. The summed E-state index contributed by atoms with van der Waals surface area (Å²) in [7, 11) is 1.31. The van der Waals surface area contributed by atoms with Gasteiger partial charge in [0.05, 0.1) is 13.7 Å². The zero-order valence-corrected chi connectivity index (χ0v) is 12.8. The number of carbonyl (C=O) groups excluding carboxylic acids is 2. The Hall–Kier alpha value is -1.88. The third-order valence-corrected chi connectivity index (χ3v) is 2.87. The molecule has 0 aliphatic heterocycles. The molecule has 1 N–H and O–H groups in total. The van der Waals surface area contributed by atoms with Crippen molar-refractivity contribution in [2.45, 2.75) is 32.9 Å². The SMILES string of the molecule is COC(=O)[C@@H](CC(C)C)NC(=O)COCc1ccccc1. The first kappa shape index (κ1) is 17.2. The number of carbonyl (C=O) groups is 2. The van der Waals surface area contributed by atoms with Crippen LogP contribution in [0.3, 0.4) is 0 Å². The molecule has 5 heteroatoms. The highest BCUT2D eigenvalue weighted by Gasteiger charge is 2.22. The smallest absolute Gasteiger partial charge is 0.328 e. The molecule has 116 valence electrons. The van der Waals surface area contributed by atoms with E-state index in [0.717, 1.165) is 5.56 Å². The van der Waals surface area contributed by atoms with Crippen molar-refractivity contribution in [3.05, 3.63) is 35.9 Å². The van der Waals surface area contributed by atoms with E-state index in [4.69, 9.17) is 9.47 Å². The van der Waals surface area contributed by atoms with E-state index < -0.39 is 12.0 Å². The number of hydrogen-bond acceptors (Lipinski definition) is 4. The quantitative estimate of drug-likeness (QED) is 0.744. The van der Waals surface area contributed by atoms with Crippen LogP contribution in [0.5, 0.6) is 0 Å². The first-order chi connectivity index (χ1) is 10.0. The minimum atomic E-state index is -0.622. The van der Waals surface area contributed by atoms with Crippen molar-refractivity contribution in [1.29, 1.82) is 0 Å². The van der Waals surface area contributed by atoms with Gasteiger partial charge in [-0.05, 0) is 17.9 Å². The van der Waals surface area contributed by atoms with Crippen LogP contribution in [0.15, 0.2) is 30.3 Å². The zero-order chi connectivity index (χ0) is 15.7. The van der Waals surface area contributed by atoms with Crippen molar-refractivity contribution >= 4 is 11.9 Å². The molecule has 0 saturated carbocycles. The molecule has 0 heterocycles. The van der Waals surface area contributed by atoms with Gasteiger partial charge in [-0.2, -0.15) is 0 Å². The van der Waals surface area contributed by atoms with E-state index in [1.54, 1.807) is 0 Å². The monoisotopic (exact) mass is 293 g/mol. The number of rotatable bonds is 8. The molecule has 1 rings (SSSR count). The number of methoxy groups -OCH3 is 1. The van der Waals surface area contributed by atoms with Gasteiger partial charge in [-0.15, -0.1) is 0 Å². The van der Waals surface area contributed by atoms with E-state index in [-0.39, 0.29) is 18.4 Å². The van der Waals surface area contributed by atoms with Crippen LogP contribution in [0.2, 0.25) is 0 Å². The van der Waals surface area contributed by atoms with Gasteiger partial charge in [-0.25, -0.2) is 4.79 Å². The van der Waals surface area contributed by atoms with Gasteiger partial charge in [0, 0.05) is 0 Å². The third-order valence-electron chi connectivity index (χ3n) is 2.87. The fourth-order valence-electron chi connectivity index (χ4n) is 1.90. The average molecular weight is 293 g/mol. The summed E-state index contributed by atoms with van der Waals surface area (Å²) in [6.45, 7) is 4.24. The number of benzene rings is 1. The summed E-state index contributed by atoms with van der Waals surface area (Å²) in [6, 6.07) is 8.97. The highest BCUT2D eigenvalue weighted by molar-refractivity contribution is 5.85. The summed E-state index contributed by atoms with van der Waals surface area (Å²) in [5.74, 6) is -0.471. The molecule has 0 aliphatic carbocycles. The average Bonchev–Trinajstić information content (AvgIpc) is 2.46. The topological polar surface area (TPSA) is 64.6 Å². The van der Waals surface area contributed by atoms with E-state index >= 15 is 0 Å². The summed E-state index contributed by atoms with van der Waals surface area (Å²) in [5.41, 5.74) is 0.997. The van der Waals surface area contributed by atoms with Gasteiger partial charge < -0.3 is 14.8 Å². The number of hydrogen-bond donors (Lipinski definition) is 1. The fraction of sp³-hybridized carbons (Fsp3) is 0.500. The first-order valence-electron chi connectivity index (χ1n) is 7.01. The lowest BCUT2D eigenvalue weighted by Gasteiger charge is -2.18. The van der Waals surface area contributed by atoms with Crippen LogP contribution >= 0.6 is 0 Å². The normalized spacial score (nSPS) is 12.0. The van der Waals surface area contributed by atoms with E-state index in [2.05, 4.69) is 5.32 Å². The maximum absolute atomic E-state index is 11.8. The summed E-state index contributed by atoms with van der Waals surface area (Å²) in [4.78, 5) is 23.4. The van der Waals surface area contributed by atoms with Crippen LogP contribution in [0, 0.1) is 5.92 Å². The lowest BCUT2D eigenvalue weighted by molar-refractivity contribution is -0.146. The maximum atomic E-state index is 11.8. The van der Waals surface area contributed by atoms with E-state index in [1.807, 2.05) is 44.2 Å². The number of nitrogens with one attached hydrogen (secondary N) is 1. The van der Waals surface area contributed by atoms with Gasteiger partial charge in [-0.3, -0.25) is 4.79 Å². The molecule has 0 radical (unpaired) electrons. The molecule has 0 spiro atoms. The molecule has 0 aliphatic rings. The third kappa shape index (κ3) is 6.90. The Kier molecular flexibility index (Phi) is 7.46. The van der Waals surface area contributed by atoms with Crippen molar-refractivity contribution < 1.29 is 19.1 Å². The number of ether oxygens (including phenoxy) is 2. The molecule has 1 aromatic rings. The molecule has 0 aromatic heterocycles. The van der Waals surface area contributed by atoms with Gasteiger partial charge in [0.2, 0.25) is 5.91 Å². The second-order valence-corrected chi connectivity index (χ2v) is 5.25. The molecule has 0 unspecified atom stereocenters. The Morgan fingerprint density at radius 3 is 2.43 bits per heavy atom. The lowest BCUT2D eigenvalue weighted by atomic mass is 10.0. The van der Waals surface area contributed by atoms with Crippen molar-refractivity contribution in [1.82, 2.24) is 5.32 Å². The van der Waals surface area contributed by atoms with Crippen LogP contribution in [-0.2, 0) is 25.7 Å².